The second kappa shape index (κ2) is 11.4. The lowest BCUT2D eigenvalue weighted by atomic mass is 9.44. The lowest BCUT2D eigenvalue weighted by molar-refractivity contribution is -0.165. The number of ether oxygens (including phenoxy) is 1. The fraction of sp³-hybridized carbons (Fsp3) is 0.867. The highest BCUT2D eigenvalue weighted by Gasteiger charge is 2.60. The highest BCUT2D eigenvalue weighted by Crippen LogP contribution is 2.68. The number of hydrogen-bond acceptors (Lipinski definition) is 6. The van der Waals surface area contributed by atoms with Crippen LogP contribution in [0.3, 0.4) is 0 Å². The van der Waals surface area contributed by atoms with Crippen LogP contribution >= 0.6 is 0 Å². The Balaban J connectivity index is 1.38. The van der Waals surface area contributed by atoms with Crippen LogP contribution in [0.1, 0.15) is 97.8 Å². The van der Waals surface area contributed by atoms with E-state index in [-0.39, 0.29) is 23.4 Å². The van der Waals surface area contributed by atoms with E-state index >= 15 is 0 Å². The van der Waals surface area contributed by atoms with E-state index < -0.39 is 42.3 Å². The van der Waals surface area contributed by atoms with Crippen LogP contribution in [0.5, 0.6) is 0 Å². The summed E-state index contributed by atoms with van der Waals surface area (Å²) in [6.07, 6.45) is 9.73. The van der Waals surface area contributed by atoms with E-state index in [9.17, 15) is 29.4 Å². The average Bonchev–Trinajstić information content (AvgIpc) is 3.20. The van der Waals surface area contributed by atoms with Gasteiger partial charge in [-0.3, -0.25) is 19.2 Å². The van der Waals surface area contributed by atoms with E-state index in [2.05, 4.69) is 20.8 Å². The first-order valence-electron chi connectivity index (χ1n) is 14.9. The summed E-state index contributed by atoms with van der Waals surface area (Å²) in [7, 11) is 0. The largest absolute Gasteiger partial charge is 0.481 e. The Morgan fingerprint density at radius 1 is 0.872 bits per heavy atom. The van der Waals surface area contributed by atoms with Gasteiger partial charge in [-0.15, -0.1) is 0 Å². The molecule has 9 heteroatoms. The molecule has 10 atom stereocenters. The van der Waals surface area contributed by atoms with Gasteiger partial charge in [-0.25, -0.2) is 0 Å². The Morgan fingerprint density at radius 2 is 1.51 bits per heavy atom. The van der Waals surface area contributed by atoms with Gasteiger partial charge in [-0.2, -0.15) is 0 Å². The predicted octanol–water partition coefficient (Wildman–Crippen LogP) is 4.56. The van der Waals surface area contributed by atoms with Gasteiger partial charge in [0.25, 0.3) is 0 Å². The molecule has 0 spiro atoms. The summed E-state index contributed by atoms with van der Waals surface area (Å²) in [6.45, 7) is 7.08. The molecule has 4 aliphatic rings. The van der Waals surface area contributed by atoms with Gasteiger partial charge in [0.05, 0.1) is 6.42 Å². The van der Waals surface area contributed by atoms with Crippen molar-refractivity contribution in [3.63, 3.8) is 0 Å². The lowest BCUT2D eigenvalue weighted by Gasteiger charge is -2.61. The third kappa shape index (κ3) is 5.70. The highest BCUT2D eigenvalue weighted by molar-refractivity contribution is 5.92. The summed E-state index contributed by atoms with van der Waals surface area (Å²) in [6, 6.07) is -1.13. The molecule has 4 rings (SSSR count). The molecule has 0 heterocycles. The van der Waals surface area contributed by atoms with Crippen LogP contribution in [0.4, 0.5) is 0 Å². The molecule has 39 heavy (non-hydrogen) atoms. The standard InChI is InChI=1S/C30H47NO8/c1-16(4-6-20(26(34)35)27(36)37)21-8-9-22-19-7-5-17-14-18(39-28(38)24(31)15-25(32)33)10-12-29(17,2)23(19)11-13-30(21,22)3/h16-24H,4-15,31H2,1-3H3,(H,32,33)(H,34,35)(H,36,37). The Kier molecular flexibility index (Phi) is 8.70. The maximum atomic E-state index is 12.3. The molecular weight excluding hydrogens is 502 g/mol. The second-order valence-corrected chi connectivity index (χ2v) is 13.7. The third-order valence-electron chi connectivity index (χ3n) is 11.9. The maximum absolute atomic E-state index is 12.3. The fourth-order valence-electron chi connectivity index (χ4n) is 9.81. The maximum Gasteiger partial charge on any atom is 0.323 e. The Hall–Kier alpha value is -2.16. The zero-order valence-corrected chi connectivity index (χ0v) is 23.6. The van der Waals surface area contributed by atoms with Gasteiger partial charge in [0.15, 0.2) is 5.92 Å². The first kappa shape index (κ1) is 29.8. The van der Waals surface area contributed by atoms with Crippen molar-refractivity contribution in [1.82, 2.24) is 0 Å². The summed E-state index contributed by atoms with van der Waals surface area (Å²) in [5.41, 5.74) is 6.14. The number of nitrogens with two attached hydrogens (primary N) is 1. The summed E-state index contributed by atoms with van der Waals surface area (Å²) in [5, 5.41) is 27.5. The molecular formula is C30H47NO8. The van der Waals surface area contributed by atoms with Crippen molar-refractivity contribution in [1.29, 1.82) is 0 Å². The van der Waals surface area contributed by atoms with Crippen molar-refractivity contribution >= 4 is 23.9 Å². The number of carboxylic acid groups (broad SMARTS) is 3. The van der Waals surface area contributed by atoms with Crippen molar-refractivity contribution in [2.75, 3.05) is 0 Å². The van der Waals surface area contributed by atoms with Crippen molar-refractivity contribution in [2.24, 2.45) is 58.0 Å². The SMILES string of the molecule is CC(CCC(C(=O)O)C(=O)O)C1CCC2C3CCC4CC(OC(=O)C(N)CC(=O)O)CCC4(C)C3CCC12C. The first-order chi connectivity index (χ1) is 18.3. The first-order valence-corrected chi connectivity index (χ1v) is 14.9. The van der Waals surface area contributed by atoms with Crippen molar-refractivity contribution in [3.05, 3.63) is 0 Å². The number of carbonyl (C=O) groups excluding carboxylic acids is 1. The van der Waals surface area contributed by atoms with Crippen LogP contribution in [0, 0.1) is 52.3 Å². The monoisotopic (exact) mass is 549 g/mol. The molecule has 9 nitrogen and oxygen atoms in total. The zero-order valence-electron chi connectivity index (χ0n) is 23.6. The second-order valence-electron chi connectivity index (χ2n) is 13.7. The van der Waals surface area contributed by atoms with Crippen LogP contribution in [0.15, 0.2) is 0 Å². The third-order valence-corrected chi connectivity index (χ3v) is 11.9. The highest BCUT2D eigenvalue weighted by atomic mass is 16.5. The minimum absolute atomic E-state index is 0.182. The summed E-state index contributed by atoms with van der Waals surface area (Å²) in [4.78, 5) is 46.0. The minimum Gasteiger partial charge on any atom is -0.481 e. The molecule has 0 aromatic rings. The summed E-state index contributed by atoms with van der Waals surface area (Å²) >= 11 is 0. The van der Waals surface area contributed by atoms with Gasteiger partial charge in [0, 0.05) is 0 Å². The van der Waals surface area contributed by atoms with Gasteiger partial charge in [0.1, 0.15) is 12.1 Å². The molecule has 0 saturated heterocycles. The quantitative estimate of drug-likeness (QED) is 0.226. The van der Waals surface area contributed by atoms with Crippen molar-refractivity contribution < 1.29 is 39.2 Å². The summed E-state index contributed by atoms with van der Waals surface area (Å²) < 4.78 is 5.68. The number of esters is 1. The molecule has 4 aliphatic carbocycles. The predicted molar refractivity (Wildman–Crippen MR) is 142 cm³/mol. The molecule has 0 aliphatic heterocycles. The fourth-order valence-corrected chi connectivity index (χ4v) is 9.81. The van der Waals surface area contributed by atoms with Gasteiger partial charge in [0.2, 0.25) is 0 Å². The summed E-state index contributed by atoms with van der Waals surface area (Å²) in [5.74, 6) is -2.34. The number of aliphatic carboxylic acids is 3. The molecule has 0 aromatic carbocycles. The number of fused-ring (bicyclic) bond motifs is 5. The van der Waals surface area contributed by atoms with Gasteiger partial charge >= 0.3 is 23.9 Å². The van der Waals surface area contributed by atoms with Gasteiger partial charge in [-0.05, 0) is 117 Å². The van der Waals surface area contributed by atoms with E-state index in [1.807, 2.05) is 0 Å². The van der Waals surface area contributed by atoms with E-state index in [0.29, 0.717) is 41.9 Å². The average molecular weight is 550 g/mol. The molecule has 0 aromatic heterocycles. The Labute approximate surface area is 231 Å². The lowest BCUT2D eigenvalue weighted by Crippen LogP contribution is -2.54. The molecule has 0 bridgehead atoms. The van der Waals surface area contributed by atoms with E-state index in [1.165, 1.54) is 19.3 Å². The van der Waals surface area contributed by atoms with E-state index in [0.717, 1.165) is 38.5 Å². The number of carboxylic acids is 3. The molecule has 10 unspecified atom stereocenters. The van der Waals surface area contributed by atoms with Crippen LogP contribution in [-0.2, 0) is 23.9 Å². The van der Waals surface area contributed by atoms with Crippen molar-refractivity contribution in [3.8, 4) is 0 Å². The van der Waals surface area contributed by atoms with E-state index in [4.69, 9.17) is 15.6 Å². The van der Waals surface area contributed by atoms with Crippen LogP contribution in [0.25, 0.3) is 0 Å². The molecule has 220 valence electrons. The molecule has 0 radical (unpaired) electrons. The molecule has 4 saturated carbocycles. The topological polar surface area (TPSA) is 164 Å². The van der Waals surface area contributed by atoms with Crippen LogP contribution in [-0.4, -0.2) is 51.3 Å². The van der Waals surface area contributed by atoms with Crippen LogP contribution < -0.4 is 5.73 Å². The molecule has 4 fully saturated rings. The molecule has 0 amide bonds. The zero-order chi connectivity index (χ0) is 28.7. The normalized spacial score (nSPS) is 39.1. The van der Waals surface area contributed by atoms with Crippen molar-refractivity contribution in [2.45, 2.75) is 110 Å². The van der Waals surface area contributed by atoms with Crippen LogP contribution in [0.2, 0.25) is 0 Å². The smallest absolute Gasteiger partial charge is 0.323 e. The molecule has 5 N–H and O–H groups in total. The Morgan fingerprint density at radius 3 is 2.15 bits per heavy atom. The number of hydrogen-bond donors (Lipinski definition) is 4. The van der Waals surface area contributed by atoms with Gasteiger partial charge in [-0.1, -0.05) is 20.8 Å². The Bertz CT molecular complexity index is 955. The minimum atomic E-state index is -1.33. The number of rotatable bonds is 10. The number of carbonyl (C=O) groups is 4. The van der Waals surface area contributed by atoms with Gasteiger partial charge < -0.3 is 25.8 Å². The van der Waals surface area contributed by atoms with E-state index in [1.54, 1.807) is 0 Å².